The summed E-state index contributed by atoms with van der Waals surface area (Å²) in [5, 5.41) is 3.98. The molecule has 0 spiro atoms. The average molecular weight is 363 g/mol. The first kappa shape index (κ1) is 17.1. The van der Waals surface area contributed by atoms with Crippen molar-refractivity contribution >= 4 is 40.5 Å². The summed E-state index contributed by atoms with van der Waals surface area (Å²) in [6.45, 7) is 4.23. The first-order valence-corrected chi connectivity index (χ1v) is 8.88. The normalized spacial score (nSPS) is 14.0. The van der Waals surface area contributed by atoms with E-state index in [0.29, 0.717) is 15.6 Å². The highest BCUT2D eigenvalue weighted by Gasteiger charge is 2.15. The van der Waals surface area contributed by atoms with E-state index in [1.165, 1.54) is 18.5 Å². The van der Waals surface area contributed by atoms with Gasteiger partial charge in [-0.3, -0.25) is 4.79 Å². The van der Waals surface area contributed by atoms with Gasteiger partial charge < -0.3 is 10.2 Å². The quantitative estimate of drug-likeness (QED) is 0.821. The van der Waals surface area contributed by atoms with E-state index in [1.54, 1.807) is 18.2 Å². The minimum absolute atomic E-state index is 0.123. The smallest absolute Gasteiger partial charge is 0.228 e. The molecule has 1 N–H and O–H groups in total. The Morgan fingerprint density at radius 2 is 1.79 bits per heavy atom. The van der Waals surface area contributed by atoms with E-state index in [0.717, 1.165) is 24.3 Å². The largest absolute Gasteiger partial charge is 0.372 e. The number of hydrogen-bond donors (Lipinski definition) is 1. The van der Waals surface area contributed by atoms with Crippen LogP contribution >= 0.6 is 23.2 Å². The van der Waals surface area contributed by atoms with Gasteiger partial charge in [-0.15, -0.1) is 0 Å². The molecular weight excluding hydrogens is 343 g/mol. The molecule has 1 aliphatic heterocycles. The van der Waals surface area contributed by atoms with Crippen LogP contribution in [-0.2, 0) is 11.2 Å². The molecule has 126 valence electrons. The van der Waals surface area contributed by atoms with Crippen molar-refractivity contribution in [3.8, 4) is 0 Å². The third kappa shape index (κ3) is 3.85. The van der Waals surface area contributed by atoms with Crippen LogP contribution in [0.2, 0.25) is 10.0 Å². The first-order chi connectivity index (χ1) is 11.5. The summed E-state index contributed by atoms with van der Waals surface area (Å²) in [6.07, 6.45) is 2.65. The van der Waals surface area contributed by atoms with Crippen LogP contribution in [0.4, 0.5) is 11.4 Å². The number of nitrogens with one attached hydrogen (secondary N) is 1. The Bertz CT molecular complexity index is 735. The molecule has 2 aromatic carbocycles. The fourth-order valence-corrected chi connectivity index (χ4v) is 3.55. The number of amides is 1. The van der Waals surface area contributed by atoms with E-state index >= 15 is 0 Å². The molecular formula is C19H20Cl2N2O. The van der Waals surface area contributed by atoms with Crippen molar-refractivity contribution in [3.63, 3.8) is 0 Å². The van der Waals surface area contributed by atoms with Crippen LogP contribution in [0, 0.1) is 6.92 Å². The Labute approximate surface area is 152 Å². The molecule has 2 aromatic rings. The van der Waals surface area contributed by atoms with Crippen LogP contribution in [-0.4, -0.2) is 19.0 Å². The molecule has 3 nitrogen and oxygen atoms in total. The van der Waals surface area contributed by atoms with Crippen molar-refractivity contribution in [3.05, 3.63) is 57.6 Å². The van der Waals surface area contributed by atoms with E-state index in [-0.39, 0.29) is 12.3 Å². The van der Waals surface area contributed by atoms with E-state index < -0.39 is 0 Å². The lowest BCUT2D eigenvalue weighted by Crippen LogP contribution is -2.18. The number of nitrogens with zero attached hydrogens (tertiary/aromatic N) is 1. The van der Waals surface area contributed by atoms with E-state index in [1.807, 2.05) is 13.0 Å². The van der Waals surface area contributed by atoms with E-state index in [9.17, 15) is 4.79 Å². The summed E-state index contributed by atoms with van der Waals surface area (Å²) in [7, 11) is 0. The molecule has 1 heterocycles. The topological polar surface area (TPSA) is 32.3 Å². The predicted molar refractivity (Wildman–Crippen MR) is 101 cm³/mol. The van der Waals surface area contributed by atoms with Gasteiger partial charge in [0.2, 0.25) is 5.91 Å². The van der Waals surface area contributed by atoms with Gasteiger partial charge in [-0.25, -0.2) is 0 Å². The van der Waals surface area contributed by atoms with Gasteiger partial charge in [0, 0.05) is 34.5 Å². The maximum Gasteiger partial charge on any atom is 0.228 e. The molecule has 1 aliphatic rings. The third-order valence-corrected chi connectivity index (χ3v) is 5.06. The predicted octanol–water partition coefficient (Wildman–Crippen LogP) is 5.08. The lowest BCUT2D eigenvalue weighted by Gasteiger charge is -2.19. The molecule has 3 rings (SSSR count). The summed E-state index contributed by atoms with van der Waals surface area (Å²) in [4.78, 5) is 14.7. The number of rotatable bonds is 4. The van der Waals surface area contributed by atoms with Crippen LogP contribution < -0.4 is 10.2 Å². The Balaban J connectivity index is 1.70. The summed E-state index contributed by atoms with van der Waals surface area (Å²) < 4.78 is 0. The molecule has 1 saturated heterocycles. The summed E-state index contributed by atoms with van der Waals surface area (Å²) in [5.74, 6) is -0.123. The molecule has 0 aliphatic carbocycles. The summed E-state index contributed by atoms with van der Waals surface area (Å²) in [6, 6.07) is 11.4. The third-order valence-electron chi connectivity index (χ3n) is 4.35. The van der Waals surface area contributed by atoms with Gasteiger partial charge in [0.1, 0.15) is 0 Å². The number of hydrogen-bond acceptors (Lipinski definition) is 2. The minimum atomic E-state index is -0.123. The lowest BCUT2D eigenvalue weighted by atomic mass is 10.1. The Morgan fingerprint density at radius 3 is 2.42 bits per heavy atom. The van der Waals surface area contributed by atoms with Gasteiger partial charge >= 0.3 is 0 Å². The second-order valence-corrected chi connectivity index (χ2v) is 6.93. The highest BCUT2D eigenvalue weighted by atomic mass is 35.5. The maximum atomic E-state index is 12.3. The zero-order valence-electron chi connectivity index (χ0n) is 13.6. The van der Waals surface area contributed by atoms with Crippen molar-refractivity contribution in [2.75, 3.05) is 23.3 Å². The minimum Gasteiger partial charge on any atom is -0.372 e. The van der Waals surface area contributed by atoms with Crippen molar-refractivity contribution in [1.29, 1.82) is 0 Å². The molecule has 1 amide bonds. The number of carbonyl (C=O) groups excluding carboxylic acids is 1. The SMILES string of the molecule is Cc1cc(N2CCCC2)ccc1NC(=O)Cc1c(Cl)cccc1Cl. The van der Waals surface area contributed by atoms with Gasteiger partial charge in [0.05, 0.1) is 6.42 Å². The fourth-order valence-electron chi connectivity index (χ4n) is 3.02. The molecule has 5 heteroatoms. The van der Waals surface area contributed by atoms with Gasteiger partial charge in [0.15, 0.2) is 0 Å². The molecule has 0 radical (unpaired) electrons. The summed E-state index contributed by atoms with van der Waals surface area (Å²) >= 11 is 12.3. The molecule has 24 heavy (non-hydrogen) atoms. The highest BCUT2D eigenvalue weighted by molar-refractivity contribution is 6.36. The fraction of sp³-hybridized carbons (Fsp3) is 0.316. The van der Waals surface area contributed by atoms with E-state index in [4.69, 9.17) is 23.2 Å². The standard InChI is InChI=1S/C19H20Cl2N2O/c1-13-11-14(23-9-2-3-10-23)7-8-18(13)22-19(24)12-15-16(20)5-4-6-17(15)21/h4-8,11H,2-3,9-10,12H2,1H3,(H,22,24). The van der Waals surface area contributed by atoms with Crippen molar-refractivity contribution < 1.29 is 4.79 Å². The molecule has 0 bridgehead atoms. The number of carbonyl (C=O) groups is 1. The van der Waals surface area contributed by atoms with Gasteiger partial charge in [-0.2, -0.15) is 0 Å². The van der Waals surface area contributed by atoms with Crippen LogP contribution in [0.25, 0.3) is 0 Å². The van der Waals surface area contributed by atoms with Gasteiger partial charge in [-0.05, 0) is 61.2 Å². The van der Waals surface area contributed by atoms with Gasteiger partial charge in [0.25, 0.3) is 0 Å². The Hall–Kier alpha value is -1.71. The van der Waals surface area contributed by atoms with Crippen molar-refractivity contribution in [2.45, 2.75) is 26.2 Å². The lowest BCUT2D eigenvalue weighted by molar-refractivity contribution is -0.115. The van der Waals surface area contributed by atoms with Crippen molar-refractivity contribution in [1.82, 2.24) is 0 Å². The maximum absolute atomic E-state index is 12.3. The first-order valence-electron chi connectivity index (χ1n) is 8.13. The Morgan fingerprint density at radius 1 is 1.12 bits per heavy atom. The monoisotopic (exact) mass is 362 g/mol. The number of aryl methyl sites for hydroxylation is 1. The molecule has 0 aromatic heterocycles. The molecule has 0 saturated carbocycles. The number of anilines is 2. The van der Waals surface area contributed by atoms with Crippen LogP contribution in [0.15, 0.2) is 36.4 Å². The van der Waals surface area contributed by atoms with Crippen LogP contribution in [0.3, 0.4) is 0 Å². The molecule has 0 unspecified atom stereocenters. The summed E-state index contributed by atoms with van der Waals surface area (Å²) in [5.41, 5.74) is 3.76. The average Bonchev–Trinajstić information content (AvgIpc) is 3.07. The van der Waals surface area contributed by atoms with Gasteiger partial charge in [-0.1, -0.05) is 29.3 Å². The number of benzene rings is 2. The highest BCUT2D eigenvalue weighted by Crippen LogP contribution is 2.27. The Kier molecular flexibility index (Phi) is 5.32. The molecule has 1 fully saturated rings. The van der Waals surface area contributed by atoms with E-state index in [2.05, 4.69) is 22.3 Å². The zero-order valence-corrected chi connectivity index (χ0v) is 15.1. The second kappa shape index (κ2) is 7.45. The second-order valence-electron chi connectivity index (χ2n) is 6.12. The van der Waals surface area contributed by atoms with Crippen LogP contribution in [0.1, 0.15) is 24.0 Å². The van der Waals surface area contributed by atoms with Crippen molar-refractivity contribution in [2.24, 2.45) is 0 Å². The number of halogens is 2. The molecule has 0 atom stereocenters. The zero-order chi connectivity index (χ0) is 17.1. The van der Waals surface area contributed by atoms with Crippen LogP contribution in [0.5, 0.6) is 0 Å².